The van der Waals surface area contributed by atoms with E-state index in [1.54, 1.807) is 13.8 Å². The fourth-order valence-electron chi connectivity index (χ4n) is 2.08. The van der Waals surface area contributed by atoms with Crippen molar-refractivity contribution in [2.75, 3.05) is 0 Å². The number of aromatic nitrogens is 1. The van der Waals surface area contributed by atoms with E-state index < -0.39 is 11.4 Å². The molecule has 0 aliphatic rings. The van der Waals surface area contributed by atoms with Gasteiger partial charge < -0.3 is 9.67 Å². The second-order valence-corrected chi connectivity index (χ2v) is 6.16. The molecule has 0 spiro atoms. The molecular weight excluding hydrogens is 294 g/mol. The summed E-state index contributed by atoms with van der Waals surface area (Å²) in [5, 5.41) is 10.3. The molecule has 0 radical (unpaired) electrons. The largest absolute Gasteiger partial charge is 0.481 e. The number of carboxylic acids is 1. The van der Waals surface area contributed by atoms with E-state index in [1.807, 2.05) is 29.9 Å². The van der Waals surface area contributed by atoms with Crippen LogP contribution in [0, 0.1) is 5.41 Å². The smallest absolute Gasteiger partial charge is 0.309 e. The summed E-state index contributed by atoms with van der Waals surface area (Å²) < 4.78 is 3.10. The van der Waals surface area contributed by atoms with Crippen molar-refractivity contribution in [3.63, 3.8) is 0 Å². The normalized spacial score (nSPS) is 12.0. The minimum atomic E-state index is -0.768. The number of halogens is 1. The number of fused-ring (bicyclic) bond motifs is 1. The third kappa shape index (κ3) is 2.29. The molecule has 18 heavy (non-hydrogen) atoms. The summed E-state index contributed by atoms with van der Waals surface area (Å²) >= 11 is 3.51. The fraction of sp³-hybridized carbons (Fsp3) is 0.357. The van der Waals surface area contributed by atoms with Crippen molar-refractivity contribution >= 4 is 32.8 Å². The van der Waals surface area contributed by atoms with E-state index in [0.29, 0.717) is 6.42 Å². The molecule has 96 valence electrons. The molecule has 0 saturated carbocycles. The molecular formula is C14H16BrNO2. The zero-order valence-electron chi connectivity index (χ0n) is 10.7. The van der Waals surface area contributed by atoms with Gasteiger partial charge in [0.2, 0.25) is 0 Å². The number of hydrogen-bond acceptors (Lipinski definition) is 1. The second kappa shape index (κ2) is 4.43. The Morgan fingerprint density at radius 3 is 2.72 bits per heavy atom. The molecule has 0 saturated heterocycles. The van der Waals surface area contributed by atoms with Gasteiger partial charge in [-0.2, -0.15) is 0 Å². The maximum absolute atomic E-state index is 11.1. The van der Waals surface area contributed by atoms with Gasteiger partial charge in [-0.15, -0.1) is 0 Å². The monoisotopic (exact) mass is 309 g/mol. The zero-order valence-corrected chi connectivity index (χ0v) is 12.3. The SMILES string of the molecule is Cn1cc(Br)c2ccc(CC(C)(C)C(=O)O)cc21. The molecule has 1 aromatic carbocycles. The summed E-state index contributed by atoms with van der Waals surface area (Å²) in [4.78, 5) is 11.1. The molecule has 0 atom stereocenters. The molecule has 0 aliphatic heterocycles. The van der Waals surface area contributed by atoms with Gasteiger partial charge in [-0.05, 0) is 47.8 Å². The van der Waals surface area contributed by atoms with Crippen molar-refractivity contribution in [1.29, 1.82) is 0 Å². The van der Waals surface area contributed by atoms with Crippen molar-refractivity contribution in [2.45, 2.75) is 20.3 Å². The van der Waals surface area contributed by atoms with Gasteiger partial charge in [-0.1, -0.05) is 12.1 Å². The summed E-state index contributed by atoms with van der Waals surface area (Å²) in [7, 11) is 1.99. The van der Waals surface area contributed by atoms with E-state index in [9.17, 15) is 4.79 Å². The third-order valence-electron chi connectivity index (χ3n) is 3.23. The number of carbonyl (C=O) groups is 1. The number of carboxylic acid groups (broad SMARTS) is 1. The lowest BCUT2D eigenvalue weighted by Crippen LogP contribution is -2.26. The molecule has 4 heteroatoms. The van der Waals surface area contributed by atoms with Crippen molar-refractivity contribution in [1.82, 2.24) is 4.57 Å². The topological polar surface area (TPSA) is 42.2 Å². The summed E-state index contributed by atoms with van der Waals surface area (Å²) in [6.45, 7) is 3.50. The summed E-state index contributed by atoms with van der Waals surface area (Å²) in [5.74, 6) is -0.768. The van der Waals surface area contributed by atoms with Crippen LogP contribution in [0.25, 0.3) is 10.9 Å². The number of aliphatic carboxylic acids is 1. The van der Waals surface area contributed by atoms with Gasteiger partial charge in [0.25, 0.3) is 0 Å². The van der Waals surface area contributed by atoms with Crippen molar-refractivity contribution in [2.24, 2.45) is 12.5 Å². The molecule has 3 nitrogen and oxygen atoms in total. The van der Waals surface area contributed by atoms with Crippen LogP contribution in [0.1, 0.15) is 19.4 Å². The molecule has 0 fully saturated rings. The zero-order chi connectivity index (χ0) is 13.5. The fourth-order valence-corrected chi connectivity index (χ4v) is 2.72. The van der Waals surface area contributed by atoms with Gasteiger partial charge in [0.05, 0.1) is 5.41 Å². The Labute approximate surface area is 115 Å². The van der Waals surface area contributed by atoms with Crippen LogP contribution >= 0.6 is 15.9 Å². The van der Waals surface area contributed by atoms with Crippen molar-refractivity contribution in [3.8, 4) is 0 Å². The van der Waals surface area contributed by atoms with E-state index in [1.165, 1.54) is 0 Å². The summed E-state index contributed by atoms with van der Waals surface area (Å²) in [6, 6.07) is 6.09. The second-order valence-electron chi connectivity index (χ2n) is 5.31. The predicted octanol–water partition coefficient (Wildman–Crippen LogP) is 3.59. The third-order valence-corrected chi connectivity index (χ3v) is 3.86. The van der Waals surface area contributed by atoms with E-state index in [2.05, 4.69) is 22.0 Å². The molecule has 0 unspecified atom stereocenters. The Kier molecular flexibility index (Phi) is 3.23. The average molecular weight is 310 g/mol. The first-order chi connectivity index (χ1) is 8.31. The van der Waals surface area contributed by atoms with Crippen molar-refractivity contribution in [3.05, 3.63) is 34.4 Å². The summed E-state index contributed by atoms with van der Waals surface area (Å²) in [5.41, 5.74) is 1.42. The van der Waals surface area contributed by atoms with Crippen LogP contribution in [-0.4, -0.2) is 15.6 Å². The van der Waals surface area contributed by atoms with E-state index in [-0.39, 0.29) is 0 Å². The molecule has 0 amide bonds. The highest BCUT2D eigenvalue weighted by Crippen LogP contribution is 2.29. The average Bonchev–Trinajstić information content (AvgIpc) is 2.54. The number of rotatable bonds is 3. The Hall–Kier alpha value is -1.29. The molecule has 0 bridgehead atoms. The molecule has 0 aliphatic carbocycles. The highest BCUT2D eigenvalue weighted by Gasteiger charge is 2.27. The standard InChI is InChI=1S/C14H16BrNO2/c1-14(2,13(17)18)7-9-4-5-10-11(15)8-16(3)12(10)6-9/h4-6,8H,7H2,1-3H3,(H,17,18). The van der Waals surface area contributed by atoms with E-state index >= 15 is 0 Å². The first-order valence-corrected chi connectivity index (χ1v) is 6.57. The Morgan fingerprint density at radius 2 is 2.11 bits per heavy atom. The van der Waals surface area contributed by atoms with Crippen LogP contribution in [0.2, 0.25) is 0 Å². The number of aryl methyl sites for hydroxylation is 1. The molecule has 1 aromatic heterocycles. The minimum Gasteiger partial charge on any atom is -0.481 e. The lowest BCUT2D eigenvalue weighted by atomic mass is 9.86. The van der Waals surface area contributed by atoms with Gasteiger partial charge in [0.15, 0.2) is 0 Å². The maximum atomic E-state index is 11.1. The quantitative estimate of drug-likeness (QED) is 0.941. The Balaban J connectivity index is 2.42. The lowest BCUT2D eigenvalue weighted by Gasteiger charge is -2.19. The number of nitrogens with zero attached hydrogens (tertiary/aromatic N) is 1. The molecule has 1 N–H and O–H groups in total. The Bertz CT molecular complexity index is 614. The van der Waals surface area contributed by atoms with E-state index in [0.717, 1.165) is 20.9 Å². The van der Waals surface area contributed by atoms with Gasteiger partial charge in [0, 0.05) is 28.6 Å². The first kappa shape index (κ1) is 13.1. The predicted molar refractivity (Wildman–Crippen MR) is 75.7 cm³/mol. The highest BCUT2D eigenvalue weighted by atomic mass is 79.9. The molecule has 1 heterocycles. The van der Waals surface area contributed by atoms with Crippen molar-refractivity contribution < 1.29 is 9.90 Å². The van der Waals surface area contributed by atoms with Crippen LogP contribution in [0.4, 0.5) is 0 Å². The van der Waals surface area contributed by atoms with E-state index in [4.69, 9.17) is 5.11 Å². The van der Waals surface area contributed by atoms with Crippen LogP contribution in [-0.2, 0) is 18.3 Å². The van der Waals surface area contributed by atoms with Crippen LogP contribution < -0.4 is 0 Å². The van der Waals surface area contributed by atoms with Crippen LogP contribution in [0.5, 0.6) is 0 Å². The number of benzene rings is 1. The Morgan fingerprint density at radius 1 is 1.44 bits per heavy atom. The highest BCUT2D eigenvalue weighted by molar-refractivity contribution is 9.10. The van der Waals surface area contributed by atoms with Gasteiger partial charge >= 0.3 is 5.97 Å². The molecule has 2 aromatic rings. The van der Waals surface area contributed by atoms with Crippen LogP contribution in [0.15, 0.2) is 28.9 Å². The first-order valence-electron chi connectivity index (χ1n) is 5.78. The van der Waals surface area contributed by atoms with Gasteiger partial charge in [-0.3, -0.25) is 4.79 Å². The lowest BCUT2D eigenvalue weighted by molar-refractivity contribution is -0.146. The van der Waals surface area contributed by atoms with Gasteiger partial charge in [0.1, 0.15) is 0 Å². The molecule has 2 rings (SSSR count). The van der Waals surface area contributed by atoms with Gasteiger partial charge in [-0.25, -0.2) is 0 Å². The minimum absolute atomic E-state index is 0.529. The number of hydrogen-bond donors (Lipinski definition) is 1. The van der Waals surface area contributed by atoms with Crippen LogP contribution in [0.3, 0.4) is 0 Å². The summed E-state index contributed by atoms with van der Waals surface area (Å²) in [6.07, 6.45) is 2.54. The maximum Gasteiger partial charge on any atom is 0.309 e.